The van der Waals surface area contributed by atoms with Crippen LogP contribution in [0.5, 0.6) is 5.75 Å². The van der Waals surface area contributed by atoms with Gasteiger partial charge >= 0.3 is 6.03 Å². The fourth-order valence-corrected chi connectivity index (χ4v) is 4.02. The zero-order valence-electron chi connectivity index (χ0n) is 18.9. The number of urea groups is 1. The average Bonchev–Trinajstić information content (AvgIpc) is 3.55. The molecule has 1 unspecified atom stereocenters. The van der Waals surface area contributed by atoms with Gasteiger partial charge in [0, 0.05) is 11.3 Å². The third-order valence-electron chi connectivity index (χ3n) is 5.70. The van der Waals surface area contributed by atoms with Gasteiger partial charge in [-0.1, -0.05) is 47.6 Å². The predicted molar refractivity (Wildman–Crippen MR) is 125 cm³/mol. The lowest BCUT2D eigenvalue weighted by Gasteiger charge is -2.34. The molecule has 0 bridgehead atoms. The summed E-state index contributed by atoms with van der Waals surface area (Å²) in [6, 6.07) is 20.2. The standard InChI is InChI=1S/C26H24N4O4/c1-3-32-20-13-11-18(12-14-20)23-22(25-28-24(29-34-25)19-8-5-4-6-9-19)17(2)30(26(31)27-23)16-21-10-7-15-33-21/h4-15,23H,3,16H2,1-2H3,(H,27,31). The maximum absolute atomic E-state index is 13.1. The van der Waals surface area contributed by atoms with E-state index >= 15 is 0 Å². The minimum Gasteiger partial charge on any atom is -0.494 e. The Hall–Kier alpha value is -4.33. The number of allylic oxidation sites excluding steroid dienone is 1. The van der Waals surface area contributed by atoms with Gasteiger partial charge in [-0.25, -0.2) is 4.79 Å². The largest absolute Gasteiger partial charge is 0.494 e. The van der Waals surface area contributed by atoms with Crippen LogP contribution in [0.4, 0.5) is 4.79 Å². The van der Waals surface area contributed by atoms with Crippen molar-refractivity contribution in [2.75, 3.05) is 6.61 Å². The molecule has 0 radical (unpaired) electrons. The number of nitrogens with zero attached hydrogens (tertiary/aromatic N) is 3. The van der Waals surface area contributed by atoms with Crippen LogP contribution in [0.25, 0.3) is 17.0 Å². The summed E-state index contributed by atoms with van der Waals surface area (Å²) in [4.78, 5) is 19.4. The molecule has 0 saturated heterocycles. The fraction of sp³-hybridized carbons (Fsp3) is 0.192. The van der Waals surface area contributed by atoms with Crippen molar-refractivity contribution >= 4 is 11.6 Å². The number of carbonyl (C=O) groups excluding carboxylic acids is 1. The molecule has 1 atom stereocenters. The second kappa shape index (κ2) is 9.27. The first kappa shape index (κ1) is 21.5. The molecule has 1 aliphatic heterocycles. The number of benzene rings is 2. The summed E-state index contributed by atoms with van der Waals surface area (Å²) in [5.74, 6) is 2.26. The van der Waals surface area contributed by atoms with Gasteiger partial charge in [0.25, 0.3) is 5.89 Å². The highest BCUT2D eigenvalue weighted by atomic mass is 16.5. The van der Waals surface area contributed by atoms with Crippen LogP contribution in [-0.2, 0) is 6.54 Å². The molecule has 5 rings (SSSR count). The number of ether oxygens (including phenoxy) is 1. The third-order valence-corrected chi connectivity index (χ3v) is 5.70. The summed E-state index contributed by atoms with van der Waals surface area (Å²) < 4.78 is 16.8. The van der Waals surface area contributed by atoms with E-state index in [4.69, 9.17) is 13.7 Å². The van der Waals surface area contributed by atoms with Gasteiger partial charge in [-0.2, -0.15) is 4.98 Å². The normalized spacial score (nSPS) is 16.0. The number of amides is 2. The van der Waals surface area contributed by atoms with Crippen molar-refractivity contribution in [3.05, 3.63) is 95.9 Å². The Labute approximate surface area is 196 Å². The Balaban J connectivity index is 1.57. The van der Waals surface area contributed by atoms with E-state index in [1.807, 2.05) is 74.5 Å². The second-order valence-corrected chi connectivity index (χ2v) is 7.84. The number of rotatable bonds is 7. The molecule has 0 aliphatic carbocycles. The quantitative estimate of drug-likeness (QED) is 0.399. The molecule has 0 saturated carbocycles. The van der Waals surface area contributed by atoms with Gasteiger partial charge in [0.2, 0.25) is 5.82 Å². The van der Waals surface area contributed by atoms with Gasteiger partial charge in [0.05, 0.1) is 31.0 Å². The van der Waals surface area contributed by atoms with Gasteiger partial charge in [-0.3, -0.25) is 4.90 Å². The first-order chi connectivity index (χ1) is 16.6. The zero-order valence-corrected chi connectivity index (χ0v) is 18.9. The van der Waals surface area contributed by atoms with E-state index < -0.39 is 6.04 Å². The molecule has 172 valence electrons. The Kier molecular flexibility index (Phi) is 5.86. The van der Waals surface area contributed by atoms with Crippen molar-refractivity contribution in [2.45, 2.75) is 26.4 Å². The molecule has 4 aromatic rings. The smallest absolute Gasteiger partial charge is 0.322 e. The van der Waals surface area contributed by atoms with E-state index in [1.165, 1.54) is 0 Å². The van der Waals surface area contributed by atoms with Crippen molar-refractivity contribution < 1.29 is 18.5 Å². The van der Waals surface area contributed by atoms with Crippen molar-refractivity contribution in [2.24, 2.45) is 0 Å². The topological polar surface area (TPSA) is 93.6 Å². The van der Waals surface area contributed by atoms with Gasteiger partial charge in [-0.05, 0) is 43.7 Å². The monoisotopic (exact) mass is 456 g/mol. The third kappa shape index (κ3) is 4.17. The SMILES string of the molecule is CCOc1ccc(C2NC(=O)N(Cc3ccco3)C(C)=C2c2nc(-c3ccccc3)no2)cc1. The van der Waals surface area contributed by atoms with E-state index in [9.17, 15) is 4.79 Å². The minimum atomic E-state index is -0.472. The highest BCUT2D eigenvalue weighted by Gasteiger charge is 2.36. The Morgan fingerprint density at radius 2 is 1.85 bits per heavy atom. The molecule has 8 heteroatoms. The highest BCUT2D eigenvalue weighted by Crippen LogP contribution is 2.38. The Morgan fingerprint density at radius 1 is 1.06 bits per heavy atom. The zero-order chi connectivity index (χ0) is 23.5. The van der Waals surface area contributed by atoms with E-state index in [0.717, 1.165) is 22.4 Å². The number of nitrogens with one attached hydrogen (secondary N) is 1. The van der Waals surface area contributed by atoms with Crippen LogP contribution >= 0.6 is 0 Å². The van der Waals surface area contributed by atoms with Gasteiger partial charge in [0.15, 0.2) is 0 Å². The molecule has 8 nitrogen and oxygen atoms in total. The molecule has 2 aromatic carbocycles. The van der Waals surface area contributed by atoms with Crippen molar-refractivity contribution in [3.63, 3.8) is 0 Å². The van der Waals surface area contributed by atoms with Gasteiger partial charge in [0.1, 0.15) is 11.5 Å². The van der Waals surface area contributed by atoms with Gasteiger partial charge < -0.3 is 19.0 Å². The van der Waals surface area contributed by atoms with Crippen molar-refractivity contribution in [1.82, 2.24) is 20.4 Å². The number of hydrogen-bond donors (Lipinski definition) is 1. The molecule has 34 heavy (non-hydrogen) atoms. The molecule has 0 fully saturated rings. The Bertz CT molecular complexity index is 1290. The summed E-state index contributed by atoms with van der Waals surface area (Å²) in [5.41, 5.74) is 3.16. The average molecular weight is 457 g/mol. The molecule has 0 spiro atoms. The summed E-state index contributed by atoms with van der Waals surface area (Å²) >= 11 is 0. The fourth-order valence-electron chi connectivity index (χ4n) is 4.02. The van der Waals surface area contributed by atoms with E-state index in [-0.39, 0.29) is 12.6 Å². The number of aromatic nitrogens is 2. The highest BCUT2D eigenvalue weighted by molar-refractivity contribution is 5.86. The van der Waals surface area contributed by atoms with Crippen LogP contribution in [0.2, 0.25) is 0 Å². The molecule has 2 aromatic heterocycles. The molecular weight excluding hydrogens is 432 g/mol. The molecule has 3 heterocycles. The second-order valence-electron chi connectivity index (χ2n) is 7.84. The van der Waals surface area contributed by atoms with E-state index in [1.54, 1.807) is 17.2 Å². The van der Waals surface area contributed by atoms with Gasteiger partial charge in [-0.15, -0.1) is 0 Å². The van der Waals surface area contributed by atoms with Crippen LogP contribution in [0.3, 0.4) is 0 Å². The lowest BCUT2D eigenvalue weighted by molar-refractivity contribution is 0.199. The predicted octanol–water partition coefficient (Wildman–Crippen LogP) is 5.43. The summed E-state index contributed by atoms with van der Waals surface area (Å²) in [5, 5.41) is 7.29. The lowest BCUT2D eigenvalue weighted by Crippen LogP contribution is -2.45. The maximum Gasteiger partial charge on any atom is 0.322 e. The van der Waals surface area contributed by atoms with Crippen LogP contribution in [0, 0.1) is 0 Å². The minimum absolute atomic E-state index is 0.237. The number of hydrogen-bond acceptors (Lipinski definition) is 6. The van der Waals surface area contributed by atoms with Crippen LogP contribution in [-0.4, -0.2) is 27.7 Å². The Morgan fingerprint density at radius 3 is 2.56 bits per heavy atom. The molecular formula is C26H24N4O4. The number of carbonyl (C=O) groups is 1. The first-order valence-corrected chi connectivity index (χ1v) is 11.1. The van der Waals surface area contributed by atoms with Crippen molar-refractivity contribution in [1.29, 1.82) is 0 Å². The number of furan rings is 1. The molecule has 1 aliphatic rings. The first-order valence-electron chi connectivity index (χ1n) is 11.1. The lowest BCUT2D eigenvalue weighted by atomic mass is 9.94. The maximum atomic E-state index is 13.1. The van der Waals surface area contributed by atoms with Crippen LogP contribution < -0.4 is 10.1 Å². The summed E-state index contributed by atoms with van der Waals surface area (Å²) in [6.45, 7) is 4.68. The summed E-state index contributed by atoms with van der Waals surface area (Å²) in [6.07, 6.45) is 1.59. The van der Waals surface area contributed by atoms with Crippen LogP contribution in [0.1, 0.15) is 37.1 Å². The summed E-state index contributed by atoms with van der Waals surface area (Å²) in [7, 11) is 0. The molecule has 2 amide bonds. The van der Waals surface area contributed by atoms with E-state index in [0.29, 0.717) is 29.8 Å². The van der Waals surface area contributed by atoms with Crippen molar-refractivity contribution in [3.8, 4) is 17.1 Å². The van der Waals surface area contributed by atoms with E-state index in [2.05, 4.69) is 15.5 Å². The van der Waals surface area contributed by atoms with Crippen LogP contribution in [0.15, 0.2) is 87.6 Å². The molecule has 1 N–H and O–H groups in total.